The molecule has 0 radical (unpaired) electrons. The maximum absolute atomic E-state index is 10.7. The molecule has 0 aromatic heterocycles. The fraction of sp³-hybridized carbons (Fsp3) is 0.500. The molecule has 1 aromatic carbocycles. The molecule has 0 N–H and O–H groups in total. The molecule has 0 amide bonds. The first-order chi connectivity index (χ1) is 8.66. The number of ether oxygens (including phenoxy) is 2. The molecule has 98 valence electrons. The Hall–Kier alpha value is -1.17. The fourth-order valence-electron chi connectivity index (χ4n) is 1.87. The van der Waals surface area contributed by atoms with Crippen molar-refractivity contribution in [3.63, 3.8) is 0 Å². The lowest BCUT2D eigenvalue weighted by Crippen LogP contribution is -2.13. The minimum absolute atomic E-state index is 0.0881. The summed E-state index contributed by atoms with van der Waals surface area (Å²) < 4.78 is 10.9. The van der Waals surface area contributed by atoms with E-state index < -0.39 is 4.92 Å². The van der Waals surface area contributed by atoms with Crippen LogP contribution in [0.2, 0.25) is 5.02 Å². The summed E-state index contributed by atoms with van der Waals surface area (Å²) >= 11 is 5.73. The number of hydrogen-bond acceptors (Lipinski definition) is 4. The predicted octanol–water partition coefficient (Wildman–Crippen LogP) is 2.94. The zero-order valence-electron chi connectivity index (χ0n) is 9.80. The van der Waals surface area contributed by atoms with Crippen molar-refractivity contribution in [1.82, 2.24) is 0 Å². The highest BCUT2D eigenvalue weighted by molar-refractivity contribution is 6.32. The van der Waals surface area contributed by atoms with Gasteiger partial charge in [-0.3, -0.25) is 10.1 Å². The summed E-state index contributed by atoms with van der Waals surface area (Å²) in [5.41, 5.74) is 0.652. The molecule has 18 heavy (non-hydrogen) atoms. The van der Waals surface area contributed by atoms with Crippen molar-refractivity contribution in [3.8, 4) is 0 Å². The maximum Gasteiger partial charge on any atom is 0.288 e. The number of halogens is 1. The summed E-state index contributed by atoms with van der Waals surface area (Å²) in [6.45, 7) is 1.65. The summed E-state index contributed by atoms with van der Waals surface area (Å²) in [7, 11) is 0. The second-order valence-corrected chi connectivity index (χ2v) is 4.60. The fourth-order valence-corrected chi connectivity index (χ4v) is 2.06. The smallest absolute Gasteiger partial charge is 0.288 e. The highest BCUT2D eigenvalue weighted by Gasteiger charge is 2.16. The molecular weight excluding hydrogens is 258 g/mol. The minimum atomic E-state index is -0.494. The lowest BCUT2D eigenvalue weighted by atomic mass is 10.2. The van der Waals surface area contributed by atoms with E-state index in [0.717, 1.165) is 25.0 Å². The molecule has 0 spiro atoms. The van der Waals surface area contributed by atoms with Gasteiger partial charge in [0, 0.05) is 12.7 Å². The molecule has 0 bridgehead atoms. The Morgan fingerprint density at radius 1 is 1.56 bits per heavy atom. The van der Waals surface area contributed by atoms with Crippen molar-refractivity contribution in [2.24, 2.45) is 0 Å². The average Bonchev–Trinajstić information content (AvgIpc) is 2.84. The van der Waals surface area contributed by atoms with Crippen molar-refractivity contribution in [1.29, 1.82) is 0 Å². The molecule has 1 saturated heterocycles. The van der Waals surface area contributed by atoms with Crippen molar-refractivity contribution in [2.45, 2.75) is 25.6 Å². The van der Waals surface area contributed by atoms with Gasteiger partial charge in [-0.2, -0.15) is 0 Å². The first kappa shape index (κ1) is 13.3. The maximum atomic E-state index is 10.7. The van der Waals surface area contributed by atoms with Crippen LogP contribution in [0.1, 0.15) is 18.4 Å². The van der Waals surface area contributed by atoms with Crippen molar-refractivity contribution < 1.29 is 14.4 Å². The summed E-state index contributed by atoms with van der Waals surface area (Å²) in [5.74, 6) is 0. The molecule has 1 aliphatic heterocycles. The Bertz CT molecular complexity index is 432. The normalized spacial score (nSPS) is 19.1. The molecule has 1 aliphatic rings. The van der Waals surface area contributed by atoms with Crippen LogP contribution in [0.15, 0.2) is 18.2 Å². The van der Waals surface area contributed by atoms with E-state index in [1.54, 1.807) is 6.07 Å². The first-order valence-corrected chi connectivity index (χ1v) is 6.17. The third-order valence-corrected chi connectivity index (χ3v) is 3.12. The van der Waals surface area contributed by atoms with Crippen molar-refractivity contribution in [2.75, 3.05) is 13.2 Å². The average molecular weight is 272 g/mol. The quantitative estimate of drug-likeness (QED) is 0.610. The molecule has 5 nitrogen and oxygen atoms in total. The number of nitro groups is 1. The van der Waals surface area contributed by atoms with E-state index >= 15 is 0 Å². The topological polar surface area (TPSA) is 61.6 Å². The monoisotopic (exact) mass is 271 g/mol. The Morgan fingerprint density at radius 3 is 3.06 bits per heavy atom. The van der Waals surface area contributed by atoms with Gasteiger partial charge in [0.15, 0.2) is 0 Å². The summed E-state index contributed by atoms with van der Waals surface area (Å²) in [6.07, 6.45) is 2.24. The zero-order valence-corrected chi connectivity index (χ0v) is 10.6. The number of nitro benzene ring substituents is 1. The van der Waals surface area contributed by atoms with Gasteiger partial charge in [-0.15, -0.1) is 0 Å². The molecule has 1 aromatic rings. The van der Waals surface area contributed by atoms with E-state index in [-0.39, 0.29) is 16.8 Å². The molecular formula is C12H14ClNO4. The summed E-state index contributed by atoms with van der Waals surface area (Å²) in [6, 6.07) is 4.69. The molecule has 1 heterocycles. The van der Waals surface area contributed by atoms with Gasteiger partial charge in [-0.05, 0) is 24.5 Å². The van der Waals surface area contributed by atoms with E-state index in [9.17, 15) is 10.1 Å². The first-order valence-electron chi connectivity index (χ1n) is 5.79. The van der Waals surface area contributed by atoms with Gasteiger partial charge in [0.2, 0.25) is 0 Å². The Labute approximate surface area is 110 Å². The highest BCUT2D eigenvalue weighted by Crippen LogP contribution is 2.25. The van der Waals surface area contributed by atoms with E-state index in [4.69, 9.17) is 21.1 Å². The summed E-state index contributed by atoms with van der Waals surface area (Å²) in [5, 5.41) is 10.9. The molecule has 1 atom stereocenters. The van der Waals surface area contributed by atoms with Gasteiger partial charge in [-0.1, -0.05) is 17.7 Å². The molecule has 2 rings (SSSR count). The standard InChI is InChI=1S/C12H14ClNO4/c13-11-4-3-9(6-12(11)14(15)16)7-17-8-10-2-1-5-18-10/h3-4,6,10H,1-2,5,7-8H2. The van der Waals surface area contributed by atoms with E-state index in [1.807, 2.05) is 0 Å². The van der Waals surface area contributed by atoms with Crippen LogP contribution >= 0.6 is 11.6 Å². The zero-order chi connectivity index (χ0) is 13.0. The van der Waals surface area contributed by atoms with Crippen LogP contribution in [-0.2, 0) is 16.1 Å². The highest BCUT2D eigenvalue weighted by atomic mass is 35.5. The van der Waals surface area contributed by atoms with Crippen LogP contribution in [0.3, 0.4) is 0 Å². The summed E-state index contributed by atoms with van der Waals surface area (Å²) in [4.78, 5) is 10.2. The van der Waals surface area contributed by atoms with Gasteiger partial charge in [0.1, 0.15) is 5.02 Å². The minimum Gasteiger partial charge on any atom is -0.376 e. The number of rotatable bonds is 5. The third-order valence-electron chi connectivity index (χ3n) is 2.80. The van der Waals surface area contributed by atoms with Crippen LogP contribution in [-0.4, -0.2) is 24.2 Å². The van der Waals surface area contributed by atoms with Crippen LogP contribution in [0.25, 0.3) is 0 Å². The van der Waals surface area contributed by atoms with Gasteiger partial charge < -0.3 is 9.47 Å². The number of hydrogen-bond donors (Lipinski definition) is 0. The largest absolute Gasteiger partial charge is 0.376 e. The number of nitrogens with zero attached hydrogens (tertiary/aromatic N) is 1. The lowest BCUT2D eigenvalue weighted by molar-refractivity contribution is -0.384. The van der Waals surface area contributed by atoms with Gasteiger partial charge >= 0.3 is 0 Å². The van der Waals surface area contributed by atoms with Crippen molar-refractivity contribution >= 4 is 17.3 Å². The van der Waals surface area contributed by atoms with Crippen LogP contribution in [0, 0.1) is 10.1 Å². The molecule has 6 heteroatoms. The molecule has 1 fully saturated rings. The van der Waals surface area contributed by atoms with Crippen LogP contribution < -0.4 is 0 Å². The predicted molar refractivity (Wildman–Crippen MR) is 66.7 cm³/mol. The second-order valence-electron chi connectivity index (χ2n) is 4.19. The van der Waals surface area contributed by atoms with Crippen molar-refractivity contribution in [3.05, 3.63) is 38.9 Å². The van der Waals surface area contributed by atoms with Gasteiger partial charge in [0.05, 0.1) is 24.2 Å². The third kappa shape index (κ3) is 3.41. The molecule has 0 aliphatic carbocycles. The lowest BCUT2D eigenvalue weighted by Gasteiger charge is -2.10. The van der Waals surface area contributed by atoms with Crippen LogP contribution in [0.5, 0.6) is 0 Å². The van der Waals surface area contributed by atoms with E-state index in [0.29, 0.717) is 13.2 Å². The Morgan fingerprint density at radius 2 is 2.39 bits per heavy atom. The van der Waals surface area contributed by atoms with Crippen LogP contribution in [0.4, 0.5) is 5.69 Å². The number of benzene rings is 1. The molecule has 1 unspecified atom stereocenters. The molecule has 0 saturated carbocycles. The van der Waals surface area contributed by atoms with Gasteiger partial charge in [-0.25, -0.2) is 0 Å². The SMILES string of the molecule is O=[N+]([O-])c1cc(COCC2CCCO2)ccc1Cl. The Balaban J connectivity index is 1.88. The Kier molecular flexibility index (Phi) is 4.52. The van der Waals surface area contributed by atoms with E-state index in [2.05, 4.69) is 0 Å². The van der Waals surface area contributed by atoms with Gasteiger partial charge in [0.25, 0.3) is 5.69 Å². The second kappa shape index (κ2) is 6.13. The van der Waals surface area contributed by atoms with E-state index in [1.165, 1.54) is 12.1 Å².